The molecule has 106 valence electrons. The summed E-state index contributed by atoms with van der Waals surface area (Å²) in [5.74, 6) is 1.24. The second-order valence-electron chi connectivity index (χ2n) is 4.65. The first kappa shape index (κ1) is 13.1. The number of amides is 1. The van der Waals surface area contributed by atoms with Gasteiger partial charge in [-0.1, -0.05) is 0 Å². The minimum atomic E-state index is -0.307. The molecule has 0 radical (unpaired) electrons. The molecule has 0 spiro atoms. The molecule has 8 heteroatoms. The molecular weight excluding hydrogens is 282 g/mol. The lowest BCUT2D eigenvalue weighted by atomic mass is 10.2. The predicted molar refractivity (Wildman–Crippen MR) is 72.7 cm³/mol. The van der Waals surface area contributed by atoms with E-state index in [9.17, 15) is 4.79 Å². The summed E-state index contributed by atoms with van der Waals surface area (Å²) in [5.41, 5.74) is 1.12. The molecule has 0 bridgehead atoms. The van der Waals surface area contributed by atoms with Gasteiger partial charge in [-0.3, -0.25) is 9.36 Å². The molecule has 1 unspecified atom stereocenters. The van der Waals surface area contributed by atoms with Crippen LogP contribution in [0.15, 0.2) is 6.33 Å². The molecule has 1 amide bonds. The van der Waals surface area contributed by atoms with Gasteiger partial charge < -0.3 is 9.64 Å². The third-order valence-corrected chi connectivity index (χ3v) is 3.78. The summed E-state index contributed by atoms with van der Waals surface area (Å²) in [7, 11) is 3.31. The fraction of sp³-hybridized carbons (Fsp3) is 0.500. The Morgan fingerprint density at radius 1 is 1.50 bits per heavy atom. The quantitative estimate of drug-likeness (QED) is 0.789. The van der Waals surface area contributed by atoms with Crippen LogP contribution in [0.25, 0.3) is 11.2 Å². The van der Waals surface area contributed by atoms with Crippen LogP contribution in [0, 0.1) is 0 Å². The molecule has 1 saturated heterocycles. The summed E-state index contributed by atoms with van der Waals surface area (Å²) in [6, 6.07) is -0.307. The minimum Gasteiger partial charge on any atom is -0.479 e. The molecule has 7 nitrogen and oxygen atoms in total. The third-order valence-electron chi connectivity index (χ3n) is 3.54. The number of ether oxygens (including phenoxy) is 1. The molecular formula is C12H14ClN5O2. The van der Waals surface area contributed by atoms with Crippen molar-refractivity contribution < 1.29 is 9.53 Å². The van der Waals surface area contributed by atoms with Gasteiger partial charge in [-0.15, -0.1) is 11.6 Å². The highest BCUT2D eigenvalue weighted by atomic mass is 35.5. The number of nitrogens with zero attached hydrogens (tertiary/aromatic N) is 5. The zero-order valence-corrected chi connectivity index (χ0v) is 12.0. The van der Waals surface area contributed by atoms with Crippen LogP contribution >= 0.6 is 11.6 Å². The van der Waals surface area contributed by atoms with Crippen LogP contribution < -0.4 is 4.74 Å². The molecule has 2 aromatic rings. The lowest BCUT2D eigenvalue weighted by molar-refractivity contribution is -0.129. The number of fused-ring (bicyclic) bond motifs is 1. The minimum absolute atomic E-state index is 0.0493. The SMILES string of the molecule is COc1ncnc2c1nc(CCl)n2C1CCN(C)C1=O. The zero-order valence-electron chi connectivity index (χ0n) is 11.2. The number of aromatic nitrogens is 4. The Morgan fingerprint density at radius 3 is 2.90 bits per heavy atom. The van der Waals surface area contributed by atoms with E-state index in [1.165, 1.54) is 13.4 Å². The van der Waals surface area contributed by atoms with Gasteiger partial charge >= 0.3 is 0 Å². The van der Waals surface area contributed by atoms with Crippen LogP contribution in [0.1, 0.15) is 18.3 Å². The summed E-state index contributed by atoms with van der Waals surface area (Å²) in [6.07, 6.45) is 2.12. The van der Waals surface area contributed by atoms with Gasteiger partial charge in [0.15, 0.2) is 11.2 Å². The topological polar surface area (TPSA) is 73.1 Å². The number of alkyl halides is 1. The van der Waals surface area contributed by atoms with Crippen molar-refractivity contribution in [1.29, 1.82) is 0 Å². The van der Waals surface area contributed by atoms with Crippen LogP contribution in [0.3, 0.4) is 0 Å². The van der Waals surface area contributed by atoms with E-state index in [1.54, 1.807) is 16.5 Å². The Balaban J connectivity index is 2.21. The predicted octanol–water partition coefficient (Wildman–Crippen LogP) is 0.977. The third kappa shape index (κ3) is 1.81. The largest absolute Gasteiger partial charge is 0.479 e. The highest BCUT2D eigenvalue weighted by Gasteiger charge is 2.34. The molecule has 3 rings (SSSR count). The molecule has 0 N–H and O–H groups in total. The van der Waals surface area contributed by atoms with Crippen molar-refractivity contribution in [3.05, 3.63) is 12.2 Å². The number of carbonyl (C=O) groups excluding carboxylic acids is 1. The van der Waals surface area contributed by atoms with Crippen molar-refractivity contribution in [2.24, 2.45) is 0 Å². The van der Waals surface area contributed by atoms with Gasteiger partial charge in [-0.2, -0.15) is 4.98 Å². The first-order valence-corrected chi connectivity index (χ1v) is 6.77. The standard InChI is InChI=1S/C12H14ClN5O2/c1-17-4-3-7(12(17)19)18-8(5-13)16-9-10(18)14-6-15-11(9)20-2/h6-7H,3-5H2,1-2H3. The van der Waals surface area contributed by atoms with Crippen molar-refractivity contribution in [2.45, 2.75) is 18.3 Å². The Kier molecular flexibility index (Phi) is 3.21. The Morgan fingerprint density at radius 2 is 2.30 bits per heavy atom. The van der Waals surface area contributed by atoms with Crippen LogP contribution in [-0.4, -0.2) is 51.0 Å². The molecule has 1 aliphatic heterocycles. The van der Waals surface area contributed by atoms with Crippen molar-refractivity contribution >= 4 is 28.7 Å². The summed E-state index contributed by atoms with van der Waals surface area (Å²) >= 11 is 5.96. The smallest absolute Gasteiger partial charge is 0.245 e. The summed E-state index contributed by atoms with van der Waals surface area (Å²) in [6.45, 7) is 0.715. The second kappa shape index (κ2) is 4.90. The number of halogens is 1. The Bertz CT molecular complexity index is 671. The summed E-state index contributed by atoms with van der Waals surface area (Å²) in [5, 5.41) is 0. The number of likely N-dealkylation sites (tertiary alicyclic amines) is 1. The molecule has 0 aliphatic carbocycles. The van der Waals surface area contributed by atoms with Gasteiger partial charge in [0, 0.05) is 13.6 Å². The number of imidazole rings is 1. The Hall–Kier alpha value is -1.89. The van der Waals surface area contributed by atoms with Crippen LogP contribution in [0.4, 0.5) is 0 Å². The molecule has 1 fully saturated rings. The van der Waals surface area contributed by atoms with E-state index < -0.39 is 0 Å². The maximum absolute atomic E-state index is 12.2. The average Bonchev–Trinajstić information content (AvgIpc) is 2.99. The number of hydrogen-bond acceptors (Lipinski definition) is 5. The van der Waals surface area contributed by atoms with E-state index in [0.717, 1.165) is 6.42 Å². The molecule has 1 atom stereocenters. The van der Waals surface area contributed by atoms with E-state index in [1.807, 2.05) is 0 Å². The fourth-order valence-corrected chi connectivity index (χ4v) is 2.74. The lowest BCUT2D eigenvalue weighted by Crippen LogP contribution is -2.25. The number of hydrogen-bond donors (Lipinski definition) is 0. The molecule has 0 saturated carbocycles. The van der Waals surface area contributed by atoms with Crippen molar-refractivity contribution in [1.82, 2.24) is 24.4 Å². The van der Waals surface area contributed by atoms with Crippen LogP contribution in [0.5, 0.6) is 5.88 Å². The fourth-order valence-electron chi connectivity index (χ4n) is 2.55. The van der Waals surface area contributed by atoms with E-state index in [2.05, 4.69) is 15.0 Å². The average molecular weight is 296 g/mol. The number of likely N-dealkylation sites (N-methyl/N-ethyl adjacent to an activating group) is 1. The van der Waals surface area contributed by atoms with Gasteiger partial charge in [0.05, 0.1) is 13.0 Å². The lowest BCUT2D eigenvalue weighted by Gasteiger charge is -2.14. The first-order valence-electron chi connectivity index (χ1n) is 6.24. The van der Waals surface area contributed by atoms with Crippen molar-refractivity contribution in [3.63, 3.8) is 0 Å². The van der Waals surface area contributed by atoms with E-state index in [-0.39, 0.29) is 17.8 Å². The molecule has 3 heterocycles. The molecule has 2 aromatic heterocycles. The monoisotopic (exact) mass is 295 g/mol. The second-order valence-corrected chi connectivity index (χ2v) is 4.92. The van der Waals surface area contributed by atoms with E-state index >= 15 is 0 Å². The van der Waals surface area contributed by atoms with Crippen LogP contribution in [-0.2, 0) is 10.7 Å². The van der Waals surface area contributed by atoms with Gasteiger partial charge in [-0.25, -0.2) is 9.97 Å². The van der Waals surface area contributed by atoms with Gasteiger partial charge in [0.25, 0.3) is 0 Å². The van der Waals surface area contributed by atoms with Gasteiger partial charge in [0.2, 0.25) is 11.8 Å². The molecule has 0 aromatic carbocycles. The zero-order chi connectivity index (χ0) is 14.3. The Labute approximate surface area is 120 Å². The number of rotatable bonds is 3. The summed E-state index contributed by atoms with van der Waals surface area (Å²) in [4.78, 5) is 26.6. The van der Waals surface area contributed by atoms with Crippen molar-refractivity contribution in [2.75, 3.05) is 20.7 Å². The van der Waals surface area contributed by atoms with Gasteiger partial charge in [0.1, 0.15) is 18.2 Å². The van der Waals surface area contributed by atoms with E-state index in [0.29, 0.717) is 29.4 Å². The van der Waals surface area contributed by atoms with E-state index in [4.69, 9.17) is 16.3 Å². The maximum Gasteiger partial charge on any atom is 0.245 e. The summed E-state index contributed by atoms with van der Waals surface area (Å²) < 4.78 is 6.99. The normalized spacial score (nSPS) is 19.1. The first-order chi connectivity index (χ1) is 9.67. The highest BCUT2D eigenvalue weighted by molar-refractivity contribution is 6.17. The maximum atomic E-state index is 12.2. The number of carbonyl (C=O) groups is 1. The van der Waals surface area contributed by atoms with Crippen LogP contribution in [0.2, 0.25) is 0 Å². The highest BCUT2D eigenvalue weighted by Crippen LogP contribution is 2.30. The van der Waals surface area contributed by atoms with Gasteiger partial charge in [-0.05, 0) is 6.42 Å². The number of methoxy groups -OCH3 is 1. The molecule has 20 heavy (non-hydrogen) atoms. The molecule has 1 aliphatic rings. The van der Waals surface area contributed by atoms with Crippen molar-refractivity contribution in [3.8, 4) is 5.88 Å².